The van der Waals surface area contributed by atoms with Gasteiger partial charge >= 0.3 is 12.1 Å². The van der Waals surface area contributed by atoms with Gasteiger partial charge in [-0.1, -0.05) is 6.92 Å². The van der Waals surface area contributed by atoms with Gasteiger partial charge in [0.05, 0.1) is 0 Å². The topological polar surface area (TPSA) is 87.2 Å². The summed E-state index contributed by atoms with van der Waals surface area (Å²) in [6, 6.07) is 0. The molecule has 2 fully saturated rings. The molecule has 0 radical (unpaired) electrons. The number of aliphatic carboxylic acids is 1. The Balaban J connectivity index is 1.86. The van der Waals surface area contributed by atoms with E-state index in [1.165, 1.54) is 4.90 Å². The third-order valence-corrected chi connectivity index (χ3v) is 6.12. The molecule has 2 aliphatic rings. The average molecular weight is 397 g/mol. The highest BCUT2D eigenvalue weighted by atomic mass is 16.6. The van der Waals surface area contributed by atoms with Gasteiger partial charge < -0.3 is 19.6 Å². The molecule has 2 heterocycles. The molecular weight excluding hydrogens is 360 g/mol. The quantitative estimate of drug-likeness (QED) is 0.742. The standard InChI is InChI=1S/C21H36N2O5/c1-5-21(10-6-12-23(18(21)26)15-17(24)25)11-7-16-8-13-22(14-9-16)19(27)28-20(2,3)4/h16H,5-15H2,1-4H3,(H,24,25)/t21-/m0/s1. The zero-order valence-electron chi connectivity index (χ0n) is 17.8. The van der Waals surface area contributed by atoms with Crippen molar-refractivity contribution in [2.75, 3.05) is 26.2 Å². The number of nitrogens with zero attached hydrogens (tertiary/aromatic N) is 2. The lowest BCUT2D eigenvalue weighted by Gasteiger charge is -2.42. The number of rotatable bonds is 6. The highest BCUT2D eigenvalue weighted by molar-refractivity contribution is 5.86. The zero-order chi connectivity index (χ0) is 20.9. The Kier molecular flexibility index (Phi) is 7.34. The molecule has 0 unspecified atom stereocenters. The number of hydrogen-bond donors (Lipinski definition) is 1. The minimum absolute atomic E-state index is 0.00911. The lowest BCUT2D eigenvalue weighted by molar-refractivity contribution is -0.154. The van der Waals surface area contributed by atoms with Crippen molar-refractivity contribution in [1.29, 1.82) is 0 Å². The molecule has 160 valence electrons. The van der Waals surface area contributed by atoms with E-state index < -0.39 is 17.0 Å². The molecule has 0 bridgehead atoms. The Morgan fingerprint density at radius 3 is 2.39 bits per heavy atom. The molecule has 0 aromatic rings. The van der Waals surface area contributed by atoms with E-state index in [4.69, 9.17) is 9.84 Å². The van der Waals surface area contributed by atoms with Crippen LogP contribution in [0.2, 0.25) is 0 Å². The molecule has 0 spiro atoms. The molecule has 0 aromatic carbocycles. The normalized spacial score (nSPS) is 24.4. The summed E-state index contributed by atoms with van der Waals surface area (Å²) in [5.74, 6) is -0.450. The van der Waals surface area contributed by atoms with E-state index in [-0.39, 0.29) is 18.5 Å². The molecular formula is C21H36N2O5. The monoisotopic (exact) mass is 396 g/mol. The summed E-state index contributed by atoms with van der Waals surface area (Å²) in [5, 5.41) is 9.06. The number of piperidine rings is 2. The van der Waals surface area contributed by atoms with Crippen LogP contribution in [-0.4, -0.2) is 64.7 Å². The number of likely N-dealkylation sites (tertiary alicyclic amines) is 2. The van der Waals surface area contributed by atoms with Crippen LogP contribution in [0.4, 0.5) is 4.79 Å². The zero-order valence-corrected chi connectivity index (χ0v) is 17.8. The van der Waals surface area contributed by atoms with Gasteiger partial charge in [-0.3, -0.25) is 9.59 Å². The number of carbonyl (C=O) groups excluding carboxylic acids is 2. The SMILES string of the molecule is CC[C@@]1(CCC2CCN(C(=O)OC(C)(C)C)CC2)CCCN(CC(=O)O)C1=O. The number of hydrogen-bond acceptors (Lipinski definition) is 4. The summed E-state index contributed by atoms with van der Waals surface area (Å²) in [4.78, 5) is 39.5. The third kappa shape index (κ3) is 5.85. The van der Waals surface area contributed by atoms with Crippen LogP contribution in [0, 0.1) is 11.3 Å². The minimum atomic E-state index is -0.949. The van der Waals surface area contributed by atoms with E-state index in [0.717, 1.165) is 44.9 Å². The van der Waals surface area contributed by atoms with Gasteiger partial charge in [-0.25, -0.2) is 4.79 Å². The van der Waals surface area contributed by atoms with Crippen molar-refractivity contribution in [3.05, 3.63) is 0 Å². The second-order valence-corrected chi connectivity index (χ2v) is 9.31. The minimum Gasteiger partial charge on any atom is -0.480 e. The number of carboxylic acid groups (broad SMARTS) is 1. The fourth-order valence-electron chi connectivity index (χ4n) is 4.41. The van der Waals surface area contributed by atoms with Crippen LogP contribution in [0.15, 0.2) is 0 Å². The lowest BCUT2D eigenvalue weighted by atomic mass is 9.71. The summed E-state index contributed by atoms with van der Waals surface area (Å²) in [6.07, 6.45) is 5.80. The van der Waals surface area contributed by atoms with Crippen molar-refractivity contribution in [1.82, 2.24) is 9.80 Å². The first-order valence-electron chi connectivity index (χ1n) is 10.6. The summed E-state index contributed by atoms with van der Waals surface area (Å²) < 4.78 is 5.45. The molecule has 7 nitrogen and oxygen atoms in total. The Hall–Kier alpha value is -1.79. The van der Waals surface area contributed by atoms with E-state index in [0.29, 0.717) is 25.6 Å². The fourth-order valence-corrected chi connectivity index (χ4v) is 4.41. The Morgan fingerprint density at radius 1 is 1.21 bits per heavy atom. The molecule has 2 saturated heterocycles. The van der Waals surface area contributed by atoms with Crippen LogP contribution in [0.5, 0.6) is 0 Å². The molecule has 2 aliphatic heterocycles. The van der Waals surface area contributed by atoms with E-state index in [1.807, 2.05) is 27.7 Å². The molecule has 28 heavy (non-hydrogen) atoms. The number of ether oxygens (including phenoxy) is 1. The maximum absolute atomic E-state index is 13.0. The predicted octanol–water partition coefficient (Wildman–Crippen LogP) is 3.52. The fraction of sp³-hybridized carbons (Fsp3) is 0.857. The first kappa shape index (κ1) is 22.5. The van der Waals surface area contributed by atoms with E-state index >= 15 is 0 Å². The molecule has 1 N–H and O–H groups in total. The van der Waals surface area contributed by atoms with E-state index in [2.05, 4.69) is 0 Å². The summed E-state index contributed by atoms with van der Waals surface area (Å²) in [7, 11) is 0. The summed E-state index contributed by atoms with van der Waals surface area (Å²) in [6.45, 7) is 9.38. The van der Waals surface area contributed by atoms with Gasteiger partial charge in [-0.05, 0) is 71.6 Å². The first-order valence-corrected chi connectivity index (χ1v) is 10.6. The second-order valence-electron chi connectivity index (χ2n) is 9.31. The van der Waals surface area contributed by atoms with E-state index in [9.17, 15) is 14.4 Å². The van der Waals surface area contributed by atoms with Gasteiger partial charge in [0.2, 0.25) is 5.91 Å². The van der Waals surface area contributed by atoms with Crippen LogP contribution in [0.25, 0.3) is 0 Å². The molecule has 2 amide bonds. The number of amides is 2. The van der Waals surface area contributed by atoms with Crippen molar-refractivity contribution < 1.29 is 24.2 Å². The number of carbonyl (C=O) groups is 3. The Labute approximate surface area is 168 Å². The van der Waals surface area contributed by atoms with Crippen molar-refractivity contribution in [3.8, 4) is 0 Å². The number of carboxylic acids is 1. The van der Waals surface area contributed by atoms with Gasteiger partial charge in [-0.15, -0.1) is 0 Å². The van der Waals surface area contributed by atoms with Gasteiger partial charge in [0.15, 0.2) is 0 Å². The highest BCUT2D eigenvalue weighted by Crippen LogP contribution is 2.41. The smallest absolute Gasteiger partial charge is 0.410 e. The third-order valence-electron chi connectivity index (χ3n) is 6.12. The van der Waals surface area contributed by atoms with Crippen LogP contribution in [0.1, 0.15) is 72.6 Å². The maximum atomic E-state index is 13.0. The van der Waals surface area contributed by atoms with Gasteiger partial charge in [0.1, 0.15) is 12.1 Å². The maximum Gasteiger partial charge on any atom is 0.410 e. The summed E-state index contributed by atoms with van der Waals surface area (Å²) in [5.41, 5.74) is -0.902. The molecule has 1 atom stereocenters. The van der Waals surface area contributed by atoms with Crippen molar-refractivity contribution in [2.45, 2.75) is 78.2 Å². The highest BCUT2D eigenvalue weighted by Gasteiger charge is 2.43. The van der Waals surface area contributed by atoms with Crippen LogP contribution >= 0.6 is 0 Å². The molecule has 0 aliphatic carbocycles. The molecule has 0 aromatic heterocycles. The Bertz CT molecular complexity index is 578. The molecule has 2 rings (SSSR count). The second kappa shape index (κ2) is 9.14. The Morgan fingerprint density at radius 2 is 1.86 bits per heavy atom. The van der Waals surface area contributed by atoms with Gasteiger partial charge in [0, 0.05) is 25.0 Å². The molecule has 7 heteroatoms. The van der Waals surface area contributed by atoms with Gasteiger partial charge in [-0.2, -0.15) is 0 Å². The first-order chi connectivity index (χ1) is 13.1. The average Bonchev–Trinajstić information content (AvgIpc) is 2.61. The predicted molar refractivity (Wildman–Crippen MR) is 106 cm³/mol. The van der Waals surface area contributed by atoms with Crippen molar-refractivity contribution >= 4 is 18.0 Å². The summed E-state index contributed by atoms with van der Waals surface area (Å²) >= 11 is 0. The molecule has 0 saturated carbocycles. The van der Waals surface area contributed by atoms with Crippen molar-refractivity contribution in [3.63, 3.8) is 0 Å². The lowest BCUT2D eigenvalue weighted by Crippen LogP contribution is -2.50. The van der Waals surface area contributed by atoms with Crippen LogP contribution < -0.4 is 0 Å². The van der Waals surface area contributed by atoms with Crippen LogP contribution in [0.3, 0.4) is 0 Å². The van der Waals surface area contributed by atoms with Gasteiger partial charge in [0.25, 0.3) is 0 Å². The largest absolute Gasteiger partial charge is 0.480 e. The van der Waals surface area contributed by atoms with Crippen LogP contribution in [-0.2, 0) is 14.3 Å². The van der Waals surface area contributed by atoms with E-state index in [1.54, 1.807) is 4.90 Å². The van der Waals surface area contributed by atoms with Crippen molar-refractivity contribution in [2.24, 2.45) is 11.3 Å².